The van der Waals surface area contributed by atoms with Gasteiger partial charge in [0.15, 0.2) is 11.5 Å². The van der Waals surface area contributed by atoms with Crippen molar-refractivity contribution < 1.29 is 23.5 Å². The summed E-state index contributed by atoms with van der Waals surface area (Å²) in [4.78, 5) is 26.2. The second kappa shape index (κ2) is 11.0. The van der Waals surface area contributed by atoms with Gasteiger partial charge in [-0.15, -0.1) is 0 Å². The van der Waals surface area contributed by atoms with Gasteiger partial charge in [-0.2, -0.15) is 0 Å². The molecule has 0 aliphatic carbocycles. The van der Waals surface area contributed by atoms with Gasteiger partial charge in [0.1, 0.15) is 11.5 Å². The van der Waals surface area contributed by atoms with E-state index in [1.165, 1.54) is 32.1 Å². The number of carbonyl (C=O) groups excluding carboxylic acids is 2. The van der Waals surface area contributed by atoms with Gasteiger partial charge in [-0.05, 0) is 53.8 Å². The van der Waals surface area contributed by atoms with Crippen molar-refractivity contribution in [2.24, 2.45) is 0 Å². The molecule has 0 saturated carbocycles. The summed E-state index contributed by atoms with van der Waals surface area (Å²) in [7, 11) is 3.01. The molecule has 0 aliphatic heterocycles. The molecule has 2 N–H and O–H groups in total. The summed E-state index contributed by atoms with van der Waals surface area (Å²) in [5.74, 6) is 0.432. The van der Waals surface area contributed by atoms with Crippen molar-refractivity contribution in [3.05, 3.63) is 89.0 Å². The van der Waals surface area contributed by atoms with Crippen molar-refractivity contribution in [1.82, 2.24) is 10.6 Å². The molecule has 1 unspecified atom stereocenters. The van der Waals surface area contributed by atoms with E-state index < -0.39 is 11.8 Å². The summed E-state index contributed by atoms with van der Waals surface area (Å²) < 4.78 is 15.9. The monoisotopic (exact) mass is 476 g/mol. The maximum Gasteiger partial charge on any atom is 0.268 e. The van der Waals surface area contributed by atoms with E-state index in [9.17, 15) is 9.59 Å². The highest BCUT2D eigenvalue weighted by atomic mass is 16.5. The molecule has 2 amide bonds. The Hall–Kier alpha value is -4.00. The lowest BCUT2D eigenvalue weighted by Gasteiger charge is -2.21. The van der Waals surface area contributed by atoms with Crippen LogP contribution in [0.15, 0.2) is 71.0 Å². The van der Waals surface area contributed by atoms with E-state index in [-0.39, 0.29) is 17.2 Å². The smallest absolute Gasteiger partial charge is 0.268 e. The number of methoxy groups -OCH3 is 2. The van der Waals surface area contributed by atoms with Crippen LogP contribution in [0.25, 0.3) is 6.08 Å². The number of furan rings is 1. The normalized spacial score (nSPS) is 12.6. The Morgan fingerprint density at radius 1 is 0.971 bits per heavy atom. The van der Waals surface area contributed by atoms with Gasteiger partial charge >= 0.3 is 0 Å². The summed E-state index contributed by atoms with van der Waals surface area (Å²) in [6, 6.07) is 16.0. The molecule has 0 aliphatic rings. The minimum Gasteiger partial charge on any atom is -0.493 e. The van der Waals surface area contributed by atoms with Crippen LogP contribution in [0.2, 0.25) is 0 Å². The number of nitrogens with one attached hydrogen (secondary N) is 2. The van der Waals surface area contributed by atoms with Crippen molar-refractivity contribution in [2.45, 2.75) is 39.2 Å². The fraction of sp³-hybridized carbons (Fsp3) is 0.286. The fourth-order valence-corrected chi connectivity index (χ4v) is 3.48. The number of ether oxygens (including phenoxy) is 2. The van der Waals surface area contributed by atoms with Gasteiger partial charge < -0.3 is 24.5 Å². The predicted octanol–water partition coefficient (Wildman–Crippen LogP) is 5.24. The van der Waals surface area contributed by atoms with Gasteiger partial charge in [0.2, 0.25) is 0 Å². The maximum atomic E-state index is 13.2. The number of hydrogen-bond donors (Lipinski definition) is 2. The molecule has 1 atom stereocenters. The van der Waals surface area contributed by atoms with E-state index in [1.807, 2.05) is 19.1 Å². The second-order valence-electron chi connectivity index (χ2n) is 9.16. The van der Waals surface area contributed by atoms with Gasteiger partial charge in [0.05, 0.1) is 26.5 Å². The lowest BCUT2D eigenvalue weighted by atomic mass is 9.86. The van der Waals surface area contributed by atoms with Gasteiger partial charge in [0, 0.05) is 11.6 Å². The van der Waals surface area contributed by atoms with Crippen LogP contribution in [0.3, 0.4) is 0 Å². The summed E-state index contributed by atoms with van der Waals surface area (Å²) in [6.07, 6.45) is 2.99. The molecule has 3 aromatic rings. The van der Waals surface area contributed by atoms with E-state index in [1.54, 1.807) is 30.3 Å². The van der Waals surface area contributed by atoms with E-state index in [0.29, 0.717) is 22.8 Å². The fourth-order valence-electron chi connectivity index (χ4n) is 3.48. The second-order valence-corrected chi connectivity index (χ2v) is 9.16. The van der Waals surface area contributed by atoms with E-state index >= 15 is 0 Å². The molecule has 3 rings (SSSR count). The molecule has 0 saturated heterocycles. The van der Waals surface area contributed by atoms with Crippen LogP contribution in [0.4, 0.5) is 0 Å². The van der Waals surface area contributed by atoms with Crippen LogP contribution in [-0.4, -0.2) is 26.0 Å². The number of benzene rings is 2. The minimum absolute atomic E-state index is 0.0401. The predicted molar refractivity (Wildman–Crippen MR) is 135 cm³/mol. The lowest BCUT2D eigenvalue weighted by Crippen LogP contribution is -2.36. The average Bonchev–Trinajstić information content (AvgIpc) is 3.35. The first-order valence-electron chi connectivity index (χ1n) is 11.3. The standard InChI is InChI=1S/C28H32N2O5/c1-18(19-9-12-21(13-10-19)28(2,3)4)29-27(32)23(17-22-8-7-15-35-22)30-26(31)20-11-14-24(33-5)25(16-20)34-6/h7-18H,1-6H3,(H,29,32)(H,30,31)/b23-17-. The number of rotatable bonds is 8. The highest BCUT2D eigenvalue weighted by Crippen LogP contribution is 2.28. The van der Waals surface area contributed by atoms with Gasteiger partial charge in [0.25, 0.3) is 11.8 Å². The van der Waals surface area contributed by atoms with Crippen LogP contribution >= 0.6 is 0 Å². The zero-order chi connectivity index (χ0) is 25.6. The molecule has 184 valence electrons. The van der Waals surface area contributed by atoms with E-state index in [2.05, 4.69) is 43.5 Å². The summed E-state index contributed by atoms with van der Waals surface area (Å²) >= 11 is 0. The molecule has 1 heterocycles. The first-order valence-corrected chi connectivity index (χ1v) is 11.3. The van der Waals surface area contributed by atoms with Gasteiger partial charge in [-0.3, -0.25) is 9.59 Å². The Kier molecular flexibility index (Phi) is 8.02. The number of hydrogen-bond acceptors (Lipinski definition) is 5. The molecule has 7 nitrogen and oxygen atoms in total. The molecule has 0 bridgehead atoms. The van der Waals surface area contributed by atoms with Crippen molar-refractivity contribution >= 4 is 17.9 Å². The molecule has 35 heavy (non-hydrogen) atoms. The third kappa shape index (κ3) is 6.53. The first-order chi connectivity index (χ1) is 16.6. The van der Waals surface area contributed by atoms with Crippen molar-refractivity contribution in [1.29, 1.82) is 0 Å². The molecular formula is C28H32N2O5. The molecule has 7 heteroatoms. The SMILES string of the molecule is COc1ccc(C(=O)N/C(=C\c2ccco2)C(=O)NC(C)c2ccc(C(C)(C)C)cc2)cc1OC. The summed E-state index contributed by atoms with van der Waals surface area (Å²) in [5, 5.41) is 5.66. The maximum absolute atomic E-state index is 13.2. The van der Waals surface area contributed by atoms with Crippen molar-refractivity contribution in [2.75, 3.05) is 14.2 Å². The van der Waals surface area contributed by atoms with E-state index in [4.69, 9.17) is 13.9 Å². The quantitative estimate of drug-likeness (QED) is 0.434. The first kappa shape index (κ1) is 25.6. The van der Waals surface area contributed by atoms with Crippen LogP contribution in [-0.2, 0) is 10.2 Å². The number of amides is 2. The lowest BCUT2D eigenvalue weighted by molar-refractivity contribution is -0.118. The Balaban J connectivity index is 1.81. The average molecular weight is 477 g/mol. The summed E-state index contributed by atoms with van der Waals surface area (Å²) in [6.45, 7) is 8.35. The molecule has 0 spiro atoms. The zero-order valence-corrected chi connectivity index (χ0v) is 21.0. The Bertz CT molecular complexity index is 1190. The van der Waals surface area contributed by atoms with E-state index in [0.717, 1.165) is 5.56 Å². The summed E-state index contributed by atoms with van der Waals surface area (Å²) in [5.41, 5.74) is 2.57. The molecule has 1 aromatic heterocycles. The largest absolute Gasteiger partial charge is 0.493 e. The molecular weight excluding hydrogens is 444 g/mol. The van der Waals surface area contributed by atoms with Crippen LogP contribution in [0, 0.1) is 0 Å². The Morgan fingerprint density at radius 2 is 1.66 bits per heavy atom. The van der Waals surface area contributed by atoms with Gasteiger partial charge in [-0.1, -0.05) is 45.0 Å². The molecule has 0 radical (unpaired) electrons. The van der Waals surface area contributed by atoms with Gasteiger partial charge in [-0.25, -0.2) is 0 Å². The highest BCUT2D eigenvalue weighted by Gasteiger charge is 2.20. The van der Waals surface area contributed by atoms with Crippen LogP contribution in [0.1, 0.15) is 61.0 Å². The Morgan fingerprint density at radius 3 is 2.23 bits per heavy atom. The third-order valence-corrected chi connectivity index (χ3v) is 5.59. The molecule has 0 fully saturated rings. The number of carbonyl (C=O) groups is 2. The Labute approximate surface area is 206 Å². The van der Waals surface area contributed by atoms with Crippen LogP contribution in [0.5, 0.6) is 11.5 Å². The third-order valence-electron chi connectivity index (χ3n) is 5.59. The van der Waals surface area contributed by atoms with Crippen molar-refractivity contribution in [3.8, 4) is 11.5 Å². The topological polar surface area (TPSA) is 89.8 Å². The van der Waals surface area contributed by atoms with Crippen molar-refractivity contribution in [3.63, 3.8) is 0 Å². The molecule has 2 aromatic carbocycles. The minimum atomic E-state index is -0.471. The van der Waals surface area contributed by atoms with Crippen LogP contribution < -0.4 is 20.1 Å². The zero-order valence-electron chi connectivity index (χ0n) is 21.0. The highest BCUT2D eigenvalue weighted by molar-refractivity contribution is 6.05.